The van der Waals surface area contributed by atoms with E-state index in [2.05, 4.69) is 0 Å². The Kier molecular flexibility index (Phi) is 4.93. The number of unbranched alkanes of at least 4 members (excludes halogenated alkanes) is 2. The molecule has 1 unspecified atom stereocenters. The summed E-state index contributed by atoms with van der Waals surface area (Å²) in [6.07, 6.45) is 3.59. The Morgan fingerprint density at radius 3 is 2.79 bits per heavy atom. The van der Waals surface area contributed by atoms with E-state index in [4.69, 9.17) is 5.11 Å². The fraction of sp³-hybridized carbons (Fsp3) is 0.533. The number of carbonyl (C=O) groups is 1. The second-order valence-corrected chi connectivity index (χ2v) is 5.01. The lowest BCUT2D eigenvalue weighted by atomic mass is 9.92. The molecule has 104 valence electrons. The lowest BCUT2D eigenvalue weighted by molar-refractivity contribution is -0.144. The fourth-order valence-electron chi connectivity index (χ4n) is 2.75. The minimum absolute atomic E-state index is 0.213. The van der Waals surface area contributed by atoms with Gasteiger partial charge in [0.05, 0.1) is 0 Å². The Labute approximate surface area is 113 Å². The standard InChI is InChI=1S/C15H21NO3/c17-11-5-1-4-9-16-10-8-12-6-2-3-7-13(12)14(16)15(18)19/h2-3,6-7,14,17H,1,4-5,8-11H2,(H,18,19). The average Bonchev–Trinajstić information content (AvgIpc) is 2.42. The van der Waals surface area contributed by atoms with Crippen LogP contribution in [0.3, 0.4) is 0 Å². The molecule has 4 heteroatoms. The van der Waals surface area contributed by atoms with Gasteiger partial charge in [-0.05, 0) is 43.4 Å². The van der Waals surface area contributed by atoms with Gasteiger partial charge in [-0.15, -0.1) is 0 Å². The Morgan fingerprint density at radius 1 is 1.26 bits per heavy atom. The van der Waals surface area contributed by atoms with Crippen LogP contribution in [0, 0.1) is 0 Å². The van der Waals surface area contributed by atoms with Gasteiger partial charge in [0.1, 0.15) is 6.04 Å². The van der Waals surface area contributed by atoms with Crippen molar-refractivity contribution in [3.63, 3.8) is 0 Å². The number of benzene rings is 1. The number of aliphatic hydroxyl groups excluding tert-OH is 1. The smallest absolute Gasteiger partial charge is 0.325 e. The second kappa shape index (κ2) is 6.68. The van der Waals surface area contributed by atoms with Gasteiger partial charge in [0.25, 0.3) is 0 Å². The minimum atomic E-state index is -0.769. The highest BCUT2D eigenvalue weighted by Crippen LogP contribution is 2.30. The van der Waals surface area contributed by atoms with Crippen LogP contribution in [0.15, 0.2) is 24.3 Å². The summed E-state index contributed by atoms with van der Waals surface area (Å²) in [6.45, 7) is 1.80. The van der Waals surface area contributed by atoms with Crippen molar-refractivity contribution in [2.45, 2.75) is 31.7 Å². The molecule has 0 aromatic heterocycles. The number of hydrogen-bond donors (Lipinski definition) is 2. The molecule has 0 saturated heterocycles. The summed E-state index contributed by atoms with van der Waals surface area (Å²) in [5.74, 6) is -0.769. The van der Waals surface area contributed by atoms with E-state index in [-0.39, 0.29) is 6.61 Å². The number of fused-ring (bicyclic) bond motifs is 1. The van der Waals surface area contributed by atoms with Crippen molar-refractivity contribution in [1.82, 2.24) is 4.90 Å². The van der Waals surface area contributed by atoms with Crippen molar-refractivity contribution < 1.29 is 15.0 Å². The van der Waals surface area contributed by atoms with Crippen LogP contribution in [-0.2, 0) is 11.2 Å². The van der Waals surface area contributed by atoms with Crippen LogP contribution in [0.25, 0.3) is 0 Å². The van der Waals surface area contributed by atoms with Crippen molar-refractivity contribution in [2.75, 3.05) is 19.7 Å². The first-order valence-corrected chi connectivity index (χ1v) is 6.89. The van der Waals surface area contributed by atoms with Gasteiger partial charge in [0.15, 0.2) is 0 Å². The molecule has 0 amide bonds. The van der Waals surface area contributed by atoms with Gasteiger partial charge in [0, 0.05) is 13.2 Å². The third-order valence-electron chi connectivity index (χ3n) is 3.72. The van der Waals surface area contributed by atoms with Gasteiger partial charge >= 0.3 is 5.97 Å². The topological polar surface area (TPSA) is 60.8 Å². The first kappa shape index (κ1) is 14.0. The van der Waals surface area contributed by atoms with Gasteiger partial charge in [0.2, 0.25) is 0 Å². The van der Waals surface area contributed by atoms with Crippen LogP contribution in [0.5, 0.6) is 0 Å². The second-order valence-electron chi connectivity index (χ2n) is 5.01. The summed E-state index contributed by atoms with van der Waals surface area (Å²) in [5.41, 5.74) is 2.09. The van der Waals surface area contributed by atoms with E-state index in [0.717, 1.165) is 49.9 Å². The van der Waals surface area contributed by atoms with E-state index in [9.17, 15) is 9.90 Å². The fourth-order valence-corrected chi connectivity index (χ4v) is 2.75. The SMILES string of the molecule is O=C(O)C1c2ccccc2CCN1CCCCCO. The van der Waals surface area contributed by atoms with Crippen molar-refractivity contribution in [3.8, 4) is 0 Å². The van der Waals surface area contributed by atoms with E-state index < -0.39 is 12.0 Å². The zero-order chi connectivity index (χ0) is 13.7. The zero-order valence-electron chi connectivity index (χ0n) is 11.1. The lowest BCUT2D eigenvalue weighted by Crippen LogP contribution is -2.40. The van der Waals surface area contributed by atoms with Crippen LogP contribution in [0.1, 0.15) is 36.4 Å². The van der Waals surface area contributed by atoms with Crippen molar-refractivity contribution in [2.24, 2.45) is 0 Å². The molecule has 1 aliphatic rings. The molecule has 0 spiro atoms. The molecule has 1 heterocycles. The maximum Gasteiger partial charge on any atom is 0.325 e. The number of carboxylic acids is 1. The Bertz CT molecular complexity index is 433. The Balaban J connectivity index is 2.07. The average molecular weight is 263 g/mol. The van der Waals surface area contributed by atoms with E-state index in [0.29, 0.717) is 0 Å². The summed E-state index contributed by atoms with van der Waals surface area (Å²) in [5, 5.41) is 18.2. The van der Waals surface area contributed by atoms with E-state index in [1.165, 1.54) is 0 Å². The third-order valence-corrected chi connectivity index (χ3v) is 3.72. The predicted molar refractivity (Wildman–Crippen MR) is 73.0 cm³/mol. The minimum Gasteiger partial charge on any atom is -0.480 e. The molecule has 0 saturated carbocycles. The maximum absolute atomic E-state index is 11.5. The third kappa shape index (κ3) is 3.33. The molecule has 4 nitrogen and oxygen atoms in total. The summed E-state index contributed by atoms with van der Waals surface area (Å²) < 4.78 is 0. The molecular weight excluding hydrogens is 242 g/mol. The first-order valence-electron chi connectivity index (χ1n) is 6.89. The number of carboxylic acid groups (broad SMARTS) is 1. The summed E-state index contributed by atoms with van der Waals surface area (Å²) >= 11 is 0. The molecule has 0 radical (unpaired) electrons. The summed E-state index contributed by atoms with van der Waals surface area (Å²) in [4.78, 5) is 13.6. The molecule has 0 bridgehead atoms. The highest BCUT2D eigenvalue weighted by molar-refractivity contribution is 5.76. The largest absolute Gasteiger partial charge is 0.480 e. The molecule has 1 aromatic rings. The van der Waals surface area contributed by atoms with Crippen molar-refractivity contribution in [3.05, 3.63) is 35.4 Å². The summed E-state index contributed by atoms with van der Waals surface area (Å²) in [6, 6.07) is 7.31. The molecule has 19 heavy (non-hydrogen) atoms. The number of hydrogen-bond acceptors (Lipinski definition) is 3. The monoisotopic (exact) mass is 263 g/mol. The zero-order valence-corrected chi connectivity index (χ0v) is 11.1. The Hall–Kier alpha value is -1.39. The molecule has 1 atom stereocenters. The quantitative estimate of drug-likeness (QED) is 0.769. The van der Waals surface area contributed by atoms with E-state index >= 15 is 0 Å². The molecule has 0 fully saturated rings. The van der Waals surface area contributed by atoms with Crippen molar-refractivity contribution >= 4 is 5.97 Å². The molecule has 2 rings (SSSR count). The van der Waals surface area contributed by atoms with Crippen LogP contribution in [-0.4, -0.2) is 40.8 Å². The van der Waals surface area contributed by atoms with Gasteiger partial charge in [-0.25, -0.2) is 0 Å². The normalized spacial score (nSPS) is 19.1. The highest BCUT2D eigenvalue weighted by Gasteiger charge is 2.31. The molecule has 0 aliphatic carbocycles. The van der Waals surface area contributed by atoms with Gasteiger partial charge in [-0.2, -0.15) is 0 Å². The number of aliphatic hydroxyl groups is 1. The molecular formula is C15H21NO3. The number of rotatable bonds is 6. The first-order chi connectivity index (χ1) is 9.24. The van der Waals surface area contributed by atoms with E-state index in [1.54, 1.807) is 0 Å². The number of nitrogens with zero attached hydrogens (tertiary/aromatic N) is 1. The van der Waals surface area contributed by atoms with Crippen LogP contribution in [0.4, 0.5) is 0 Å². The van der Waals surface area contributed by atoms with Gasteiger partial charge in [-0.1, -0.05) is 24.3 Å². The maximum atomic E-state index is 11.5. The highest BCUT2D eigenvalue weighted by atomic mass is 16.4. The molecule has 2 N–H and O–H groups in total. The molecule has 1 aromatic carbocycles. The Morgan fingerprint density at radius 2 is 2.05 bits per heavy atom. The number of aliphatic carboxylic acids is 1. The van der Waals surface area contributed by atoms with Crippen LogP contribution < -0.4 is 0 Å². The van der Waals surface area contributed by atoms with Crippen LogP contribution >= 0.6 is 0 Å². The summed E-state index contributed by atoms with van der Waals surface area (Å²) in [7, 11) is 0. The lowest BCUT2D eigenvalue weighted by Gasteiger charge is -2.34. The van der Waals surface area contributed by atoms with E-state index in [1.807, 2.05) is 29.2 Å². The predicted octanol–water partition coefficient (Wildman–Crippen LogP) is 1.83. The van der Waals surface area contributed by atoms with Crippen LogP contribution in [0.2, 0.25) is 0 Å². The van der Waals surface area contributed by atoms with Crippen molar-refractivity contribution in [1.29, 1.82) is 0 Å². The van der Waals surface area contributed by atoms with Gasteiger partial charge in [-0.3, -0.25) is 9.69 Å². The van der Waals surface area contributed by atoms with Gasteiger partial charge < -0.3 is 10.2 Å². The molecule has 1 aliphatic heterocycles.